The predicted molar refractivity (Wildman–Crippen MR) is 80.2 cm³/mol. The van der Waals surface area contributed by atoms with E-state index >= 15 is 0 Å². The van der Waals surface area contributed by atoms with Crippen LogP contribution in [0.4, 0.5) is 5.69 Å². The van der Waals surface area contributed by atoms with Crippen molar-refractivity contribution in [2.75, 3.05) is 0 Å². The first-order valence-corrected chi connectivity index (χ1v) is 7.06. The number of rotatable bonds is 5. The van der Waals surface area contributed by atoms with E-state index in [1.54, 1.807) is 42.5 Å². The molecule has 0 atom stereocenters. The summed E-state index contributed by atoms with van der Waals surface area (Å²) in [7, 11) is 0. The molecule has 0 heterocycles. The van der Waals surface area contributed by atoms with Gasteiger partial charge in [-0.25, -0.2) is 0 Å². The molecule has 0 aliphatic carbocycles. The van der Waals surface area contributed by atoms with E-state index in [2.05, 4.69) is 0 Å². The molecule has 0 aliphatic rings. The fourth-order valence-electron chi connectivity index (χ4n) is 1.64. The van der Waals surface area contributed by atoms with Crippen molar-refractivity contribution in [2.45, 2.75) is 5.75 Å². The molecule has 0 radical (unpaired) electrons. The third kappa shape index (κ3) is 4.00. The zero-order valence-corrected chi connectivity index (χ0v) is 11.7. The Morgan fingerprint density at radius 1 is 1.00 bits per heavy atom. The zero-order valence-electron chi connectivity index (χ0n) is 10.9. The number of Topliss-reactive ketones (excluding diaryl/α,β-unsaturated/α-hetero) is 1. The van der Waals surface area contributed by atoms with Crippen molar-refractivity contribution in [3.63, 3.8) is 0 Å². The molecule has 6 heteroatoms. The van der Waals surface area contributed by atoms with Crippen molar-refractivity contribution in [3.8, 4) is 0 Å². The summed E-state index contributed by atoms with van der Waals surface area (Å²) in [5, 5.41) is 9.98. The fourth-order valence-corrected chi connectivity index (χ4v) is 2.37. The number of carbonyl (C=O) groups excluding carboxylic acids is 2. The molecule has 0 spiro atoms. The first kappa shape index (κ1) is 14.9. The van der Waals surface area contributed by atoms with Gasteiger partial charge in [-0.3, -0.25) is 19.7 Å². The quantitative estimate of drug-likeness (QED) is 0.367. The number of nitrogens with zero attached hydrogens (tertiary/aromatic N) is 1. The molecule has 21 heavy (non-hydrogen) atoms. The van der Waals surface area contributed by atoms with Gasteiger partial charge < -0.3 is 0 Å². The maximum absolute atomic E-state index is 11.8. The van der Waals surface area contributed by atoms with Gasteiger partial charge in [-0.1, -0.05) is 54.2 Å². The van der Waals surface area contributed by atoms with E-state index in [-0.39, 0.29) is 5.69 Å². The minimum absolute atomic E-state index is 0.00422. The summed E-state index contributed by atoms with van der Waals surface area (Å²) in [5.41, 5.74) is 1.11. The lowest BCUT2D eigenvalue weighted by molar-refractivity contribution is -0.384. The number of ketones is 1. The smallest absolute Gasteiger partial charge is 0.269 e. The molecule has 0 aliphatic heterocycles. The number of benzene rings is 2. The Morgan fingerprint density at radius 2 is 1.62 bits per heavy atom. The predicted octanol–water partition coefficient (Wildman–Crippen LogP) is 3.24. The summed E-state index contributed by atoms with van der Waals surface area (Å²) >= 11 is 0.888. The van der Waals surface area contributed by atoms with Gasteiger partial charge >= 0.3 is 0 Å². The van der Waals surface area contributed by atoms with Crippen LogP contribution in [0.3, 0.4) is 0 Å². The average Bonchev–Trinajstić information content (AvgIpc) is 2.53. The van der Waals surface area contributed by atoms with Crippen LogP contribution in [-0.4, -0.2) is 15.8 Å². The van der Waals surface area contributed by atoms with Crippen molar-refractivity contribution < 1.29 is 14.5 Å². The standard InChI is InChI=1S/C15H11NO4S/c17-14(12-4-2-1-3-5-12)15(18)21-10-11-6-8-13(9-7-11)16(19)20/h1-9H,10H2. The molecular formula is C15H11NO4S. The lowest BCUT2D eigenvalue weighted by Gasteiger charge is -2.01. The van der Waals surface area contributed by atoms with Gasteiger partial charge in [-0.05, 0) is 5.56 Å². The van der Waals surface area contributed by atoms with Gasteiger partial charge in [0.25, 0.3) is 10.8 Å². The molecule has 0 unspecified atom stereocenters. The molecule has 0 saturated heterocycles. The molecule has 0 N–H and O–H groups in total. The summed E-state index contributed by atoms with van der Waals surface area (Å²) < 4.78 is 0. The Kier molecular flexibility index (Phi) is 4.84. The van der Waals surface area contributed by atoms with Gasteiger partial charge in [0.1, 0.15) is 0 Å². The Labute approximate surface area is 125 Å². The Bertz CT molecular complexity index is 668. The van der Waals surface area contributed by atoms with Crippen LogP contribution < -0.4 is 0 Å². The molecule has 0 amide bonds. The molecule has 0 bridgehead atoms. The largest absolute Gasteiger partial charge is 0.284 e. The van der Waals surface area contributed by atoms with Crippen LogP contribution in [0.5, 0.6) is 0 Å². The van der Waals surface area contributed by atoms with Crippen molar-refractivity contribution in [2.24, 2.45) is 0 Å². The summed E-state index contributed by atoms with van der Waals surface area (Å²) in [6.45, 7) is 0. The molecule has 2 aromatic rings. The molecule has 5 nitrogen and oxygen atoms in total. The molecule has 0 aromatic heterocycles. The summed E-state index contributed by atoms with van der Waals surface area (Å²) in [4.78, 5) is 33.7. The Hall–Kier alpha value is -2.47. The van der Waals surface area contributed by atoms with Crippen molar-refractivity contribution in [1.82, 2.24) is 0 Å². The highest BCUT2D eigenvalue weighted by Gasteiger charge is 2.16. The molecule has 0 fully saturated rings. The van der Waals surface area contributed by atoms with E-state index in [1.807, 2.05) is 0 Å². The van der Waals surface area contributed by atoms with E-state index in [0.29, 0.717) is 11.3 Å². The normalized spacial score (nSPS) is 10.1. The number of thioether (sulfide) groups is 1. The highest BCUT2D eigenvalue weighted by Crippen LogP contribution is 2.18. The van der Waals surface area contributed by atoms with Crippen molar-refractivity contribution >= 4 is 28.3 Å². The van der Waals surface area contributed by atoms with E-state index in [4.69, 9.17) is 0 Å². The van der Waals surface area contributed by atoms with Crippen LogP contribution in [0.15, 0.2) is 54.6 Å². The summed E-state index contributed by atoms with van der Waals surface area (Å²) in [5.74, 6) is -0.238. The molecule has 106 valence electrons. The summed E-state index contributed by atoms with van der Waals surface area (Å²) in [6, 6.07) is 14.2. The lowest BCUT2D eigenvalue weighted by atomic mass is 10.1. The highest BCUT2D eigenvalue weighted by atomic mass is 32.2. The number of nitro groups is 1. The number of non-ortho nitro benzene ring substituents is 1. The SMILES string of the molecule is O=C(SCc1ccc([N+](=O)[O-])cc1)C(=O)c1ccccc1. The number of hydrogen-bond donors (Lipinski definition) is 0. The second kappa shape index (κ2) is 6.81. The molecule has 0 saturated carbocycles. The summed E-state index contributed by atoms with van der Waals surface area (Å²) in [6.07, 6.45) is 0. The van der Waals surface area contributed by atoms with E-state index < -0.39 is 15.8 Å². The Morgan fingerprint density at radius 3 is 2.19 bits per heavy atom. The van der Waals surface area contributed by atoms with E-state index in [1.165, 1.54) is 12.1 Å². The van der Waals surface area contributed by atoms with Crippen LogP contribution in [0.2, 0.25) is 0 Å². The van der Waals surface area contributed by atoms with Gasteiger partial charge in [0.2, 0.25) is 5.78 Å². The van der Waals surface area contributed by atoms with Crippen LogP contribution in [-0.2, 0) is 10.5 Å². The second-order valence-corrected chi connectivity index (χ2v) is 5.14. The van der Waals surface area contributed by atoms with Gasteiger partial charge in [-0.15, -0.1) is 0 Å². The topological polar surface area (TPSA) is 77.3 Å². The lowest BCUT2D eigenvalue weighted by Crippen LogP contribution is -2.10. The van der Waals surface area contributed by atoms with E-state index in [9.17, 15) is 19.7 Å². The number of nitro benzene ring substituents is 1. The maximum Gasteiger partial charge on any atom is 0.269 e. The van der Waals surface area contributed by atoms with Crippen molar-refractivity contribution in [3.05, 3.63) is 75.8 Å². The third-order valence-corrected chi connectivity index (χ3v) is 3.66. The van der Waals surface area contributed by atoms with Crippen LogP contribution in [0, 0.1) is 10.1 Å². The molecule has 2 rings (SSSR count). The van der Waals surface area contributed by atoms with Gasteiger partial charge in [0, 0.05) is 23.4 Å². The highest BCUT2D eigenvalue weighted by molar-refractivity contribution is 8.14. The molecule has 2 aromatic carbocycles. The minimum atomic E-state index is -0.542. The van der Waals surface area contributed by atoms with Gasteiger partial charge in [-0.2, -0.15) is 0 Å². The van der Waals surface area contributed by atoms with Gasteiger partial charge in [0.15, 0.2) is 0 Å². The van der Waals surface area contributed by atoms with Crippen LogP contribution >= 0.6 is 11.8 Å². The maximum atomic E-state index is 11.8. The monoisotopic (exact) mass is 301 g/mol. The second-order valence-electron chi connectivity index (χ2n) is 4.19. The minimum Gasteiger partial charge on any atom is -0.284 e. The zero-order chi connectivity index (χ0) is 15.2. The first-order valence-electron chi connectivity index (χ1n) is 6.08. The third-order valence-electron chi connectivity index (χ3n) is 2.74. The fraction of sp³-hybridized carbons (Fsp3) is 0.0667. The van der Waals surface area contributed by atoms with Gasteiger partial charge in [0.05, 0.1) is 4.92 Å². The average molecular weight is 301 g/mol. The van der Waals surface area contributed by atoms with E-state index in [0.717, 1.165) is 17.3 Å². The first-order chi connectivity index (χ1) is 10.1. The van der Waals surface area contributed by atoms with Crippen LogP contribution in [0.25, 0.3) is 0 Å². The number of hydrogen-bond acceptors (Lipinski definition) is 5. The van der Waals surface area contributed by atoms with Crippen molar-refractivity contribution in [1.29, 1.82) is 0 Å². The Balaban J connectivity index is 1.95. The number of carbonyl (C=O) groups is 2. The van der Waals surface area contributed by atoms with Crippen LogP contribution in [0.1, 0.15) is 15.9 Å². The molecular weight excluding hydrogens is 290 g/mol.